The van der Waals surface area contributed by atoms with Crippen molar-refractivity contribution < 1.29 is 0 Å². The Morgan fingerprint density at radius 1 is 1.40 bits per heavy atom. The zero-order chi connectivity index (χ0) is 7.35. The molecule has 0 heterocycles. The average Bonchev–Trinajstić information content (AvgIpc) is 2.37. The molecular formula is C9H17N. The third kappa shape index (κ3) is 0.619. The molecule has 0 amide bonds. The summed E-state index contributed by atoms with van der Waals surface area (Å²) >= 11 is 0. The molecule has 0 aliphatic heterocycles. The Morgan fingerprint density at radius 2 is 2.10 bits per heavy atom. The van der Waals surface area contributed by atoms with Gasteiger partial charge in [0.05, 0.1) is 0 Å². The topological polar surface area (TPSA) is 26.0 Å². The predicted octanol–water partition coefficient (Wildman–Crippen LogP) is 1.77. The SMILES string of the molecule is C[C@H]1[C@@H]2CC[C@@H](C2)[C@]1(C)N. The van der Waals surface area contributed by atoms with Crippen LogP contribution in [0.1, 0.15) is 33.1 Å². The Balaban J connectivity index is 2.25. The number of hydrogen-bond donors (Lipinski definition) is 1. The van der Waals surface area contributed by atoms with Crippen molar-refractivity contribution >= 4 is 0 Å². The summed E-state index contributed by atoms with van der Waals surface area (Å²) in [6.07, 6.45) is 4.24. The van der Waals surface area contributed by atoms with Crippen LogP contribution in [0, 0.1) is 17.8 Å². The van der Waals surface area contributed by atoms with Crippen molar-refractivity contribution in [1.29, 1.82) is 0 Å². The molecule has 2 N–H and O–H groups in total. The molecule has 2 aliphatic rings. The van der Waals surface area contributed by atoms with Gasteiger partial charge in [0.1, 0.15) is 0 Å². The van der Waals surface area contributed by atoms with Crippen LogP contribution >= 0.6 is 0 Å². The van der Waals surface area contributed by atoms with Gasteiger partial charge in [-0.3, -0.25) is 0 Å². The molecule has 2 bridgehead atoms. The zero-order valence-electron chi connectivity index (χ0n) is 6.93. The minimum Gasteiger partial charge on any atom is -0.325 e. The molecule has 0 radical (unpaired) electrons. The Kier molecular flexibility index (Phi) is 1.17. The highest BCUT2D eigenvalue weighted by Crippen LogP contribution is 2.52. The zero-order valence-corrected chi connectivity index (χ0v) is 6.93. The van der Waals surface area contributed by atoms with Crippen LogP contribution in [0.5, 0.6) is 0 Å². The fourth-order valence-corrected chi connectivity index (χ4v) is 2.92. The van der Waals surface area contributed by atoms with Gasteiger partial charge in [0.25, 0.3) is 0 Å². The number of nitrogens with two attached hydrogens (primary N) is 1. The summed E-state index contributed by atoms with van der Waals surface area (Å²) in [5.74, 6) is 2.57. The number of rotatable bonds is 0. The molecule has 0 unspecified atom stereocenters. The minimum atomic E-state index is 0.170. The molecule has 10 heavy (non-hydrogen) atoms. The minimum absolute atomic E-state index is 0.170. The molecule has 0 spiro atoms. The van der Waals surface area contributed by atoms with Crippen LogP contribution in [0.15, 0.2) is 0 Å². The Labute approximate surface area is 63.0 Å². The maximum absolute atomic E-state index is 6.21. The molecule has 1 heteroatoms. The summed E-state index contributed by atoms with van der Waals surface area (Å²) in [6.45, 7) is 4.56. The first-order chi connectivity index (χ1) is 4.62. The van der Waals surface area contributed by atoms with Crippen LogP contribution < -0.4 is 5.73 Å². The second kappa shape index (κ2) is 1.76. The van der Waals surface area contributed by atoms with E-state index in [1.165, 1.54) is 19.3 Å². The van der Waals surface area contributed by atoms with Crippen LogP contribution in [-0.4, -0.2) is 5.54 Å². The van der Waals surface area contributed by atoms with Gasteiger partial charge in [-0.05, 0) is 43.9 Å². The third-order valence-electron chi connectivity index (χ3n) is 4.04. The molecule has 2 aliphatic carbocycles. The van der Waals surface area contributed by atoms with Gasteiger partial charge in [-0.1, -0.05) is 6.92 Å². The summed E-state index contributed by atoms with van der Waals surface area (Å²) in [7, 11) is 0. The number of hydrogen-bond acceptors (Lipinski definition) is 1. The molecular weight excluding hydrogens is 122 g/mol. The monoisotopic (exact) mass is 139 g/mol. The van der Waals surface area contributed by atoms with Gasteiger partial charge in [0, 0.05) is 5.54 Å². The lowest BCUT2D eigenvalue weighted by Gasteiger charge is -2.35. The maximum Gasteiger partial charge on any atom is 0.0182 e. The van der Waals surface area contributed by atoms with Crippen molar-refractivity contribution in [1.82, 2.24) is 0 Å². The van der Waals surface area contributed by atoms with Crippen molar-refractivity contribution in [3.05, 3.63) is 0 Å². The van der Waals surface area contributed by atoms with Crippen molar-refractivity contribution in [3.63, 3.8) is 0 Å². The highest BCUT2D eigenvalue weighted by molar-refractivity contribution is 5.05. The first-order valence-corrected chi connectivity index (χ1v) is 4.41. The molecule has 1 nitrogen and oxygen atoms in total. The van der Waals surface area contributed by atoms with Crippen molar-refractivity contribution in [2.75, 3.05) is 0 Å². The quantitative estimate of drug-likeness (QED) is 0.544. The van der Waals surface area contributed by atoms with Crippen LogP contribution in [0.3, 0.4) is 0 Å². The van der Waals surface area contributed by atoms with Gasteiger partial charge >= 0.3 is 0 Å². The van der Waals surface area contributed by atoms with Gasteiger partial charge in [-0.15, -0.1) is 0 Å². The Morgan fingerprint density at radius 3 is 2.40 bits per heavy atom. The second-order valence-corrected chi connectivity index (χ2v) is 4.42. The van der Waals surface area contributed by atoms with E-state index in [0.29, 0.717) is 0 Å². The molecule has 0 aromatic carbocycles. The maximum atomic E-state index is 6.21. The van der Waals surface area contributed by atoms with Crippen molar-refractivity contribution in [2.24, 2.45) is 23.5 Å². The average molecular weight is 139 g/mol. The highest BCUT2D eigenvalue weighted by atomic mass is 14.8. The molecule has 2 saturated carbocycles. The molecule has 58 valence electrons. The van der Waals surface area contributed by atoms with Crippen molar-refractivity contribution in [2.45, 2.75) is 38.6 Å². The van der Waals surface area contributed by atoms with Gasteiger partial charge < -0.3 is 5.73 Å². The van der Waals surface area contributed by atoms with E-state index in [1.54, 1.807) is 0 Å². The Bertz CT molecular complexity index is 147. The lowest BCUT2D eigenvalue weighted by Crippen LogP contribution is -2.47. The lowest BCUT2D eigenvalue weighted by atomic mass is 9.76. The predicted molar refractivity (Wildman–Crippen MR) is 42.6 cm³/mol. The molecule has 0 aromatic rings. The fraction of sp³-hybridized carbons (Fsp3) is 1.00. The van der Waals surface area contributed by atoms with Gasteiger partial charge in [0.15, 0.2) is 0 Å². The van der Waals surface area contributed by atoms with E-state index >= 15 is 0 Å². The Hall–Kier alpha value is -0.0400. The van der Waals surface area contributed by atoms with Gasteiger partial charge in [-0.2, -0.15) is 0 Å². The largest absolute Gasteiger partial charge is 0.325 e. The first kappa shape index (κ1) is 6.66. The van der Waals surface area contributed by atoms with E-state index in [4.69, 9.17) is 5.73 Å². The van der Waals surface area contributed by atoms with Crippen molar-refractivity contribution in [3.8, 4) is 0 Å². The summed E-state index contributed by atoms with van der Waals surface area (Å²) in [6, 6.07) is 0. The molecule has 2 rings (SSSR count). The lowest BCUT2D eigenvalue weighted by molar-refractivity contribution is 0.210. The normalized spacial score (nSPS) is 59.7. The van der Waals surface area contributed by atoms with E-state index in [-0.39, 0.29) is 5.54 Å². The fourth-order valence-electron chi connectivity index (χ4n) is 2.92. The smallest absolute Gasteiger partial charge is 0.0182 e. The van der Waals surface area contributed by atoms with Gasteiger partial charge in [0.2, 0.25) is 0 Å². The van der Waals surface area contributed by atoms with Gasteiger partial charge in [-0.25, -0.2) is 0 Å². The van der Waals surface area contributed by atoms with E-state index in [9.17, 15) is 0 Å². The second-order valence-electron chi connectivity index (χ2n) is 4.42. The molecule has 0 saturated heterocycles. The summed E-state index contributed by atoms with van der Waals surface area (Å²) < 4.78 is 0. The van der Waals surface area contributed by atoms with Crippen LogP contribution in [0.2, 0.25) is 0 Å². The van der Waals surface area contributed by atoms with Crippen LogP contribution in [-0.2, 0) is 0 Å². The van der Waals surface area contributed by atoms with E-state index in [1.807, 2.05) is 0 Å². The standard InChI is InChI=1S/C9H17N/c1-6-7-3-4-8(5-7)9(6,2)10/h6-8H,3-5,10H2,1-2H3/t6-,7+,8-,9+/m0/s1. The van der Waals surface area contributed by atoms with E-state index in [2.05, 4.69) is 13.8 Å². The highest BCUT2D eigenvalue weighted by Gasteiger charge is 2.50. The van der Waals surface area contributed by atoms with E-state index in [0.717, 1.165) is 17.8 Å². The summed E-state index contributed by atoms with van der Waals surface area (Å²) in [5, 5.41) is 0. The van der Waals surface area contributed by atoms with Crippen LogP contribution in [0.25, 0.3) is 0 Å². The molecule has 0 aromatic heterocycles. The van der Waals surface area contributed by atoms with E-state index < -0.39 is 0 Å². The third-order valence-corrected chi connectivity index (χ3v) is 4.04. The number of fused-ring (bicyclic) bond motifs is 2. The molecule has 4 atom stereocenters. The molecule has 2 fully saturated rings. The van der Waals surface area contributed by atoms with Crippen LogP contribution in [0.4, 0.5) is 0 Å². The summed E-state index contributed by atoms with van der Waals surface area (Å²) in [4.78, 5) is 0. The summed E-state index contributed by atoms with van der Waals surface area (Å²) in [5.41, 5.74) is 6.38. The first-order valence-electron chi connectivity index (χ1n) is 4.41.